The van der Waals surface area contributed by atoms with Gasteiger partial charge in [0.05, 0.1) is 18.5 Å². The van der Waals surface area contributed by atoms with E-state index in [-0.39, 0.29) is 17.4 Å². The zero-order valence-corrected chi connectivity index (χ0v) is 17.7. The third kappa shape index (κ3) is 5.25. The number of sulfone groups is 1. The molecule has 0 amide bonds. The van der Waals surface area contributed by atoms with Gasteiger partial charge < -0.3 is 15.3 Å². The van der Waals surface area contributed by atoms with E-state index in [1.165, 1.54) is 0 Å². The van der Waals surface area contributed by atoms with Crippen molar-refractivity contribution in [1.29, 1.82) is 0 Å². The van der Waals surface area contributed by atoms with Crippen molar-refractivity contribution in [3.05, 3.63) is 46.5 Å². The van der Waals surface area contributed by atoms with E-state index < -0.39 is 27.8 Å². The van der Waals surface area contributed by atoms with Crippen molar-refractivity contribution in [2.24, 2.45) is 5.92 Å². The van der Waals surface area contributed by atoms with Crippen LogP contribution in [0.3, 0.4) is 0 Å². The smallest absolute Gasteiger partial charge is 0.163 e. The van der Waals surface area contributed by atoms with Crippen LogP contribution in [0.2, 0.25) is 0 Å². The first-order chi connectivity index (χ1) is 13.2. The summed E-state index contributed by atoms with van der Waals surface area (Å²) in [7, 11) is -3.46. The molecule has 0 aliphatic carbocycles. The summed E-state index contributed by atoms with van der Waals surface area (Å²) in [5, 5.41) is 29.5. The molecule has 28 heavy (non-hydrogen) atoms. The Bertz CT molecular complexity index is 836. The molecule has 1 heterocycles. The van der Waals surface area contributed by atoms with Gasteiger partial charge in [0.15, 0.2) is 9.84 Å². The van der Waals surface area contributed by atoms with Gasteiger partial charge in [-0.2, -0.15) is 0 Å². The van der Waals surface area contributed by atoms with Crippen LogP contribution in [-0.4, -0.2) is 47.5 Å². The monoisotopic (exact) mass is 408 g/mol. The minimum Gasteiger partial charge on any atom is -0.507 e. The van der Waals surface area contributed by atoms with E-state index in [0.29, 0.717) is 18.4 Å². The van der Waals surface area contributed by atoms with Crippen LogP contribution in [0.4, 0.5) is 0 Å². The fraction of sp³-hybridized carbons (Fsp3) is 0.545. The highest BCUT2D eigenvalue weighted by Gasteiger charge is 2.41. The molecule has 2 rings (SSSR count). The molecule has 1 aromatic rings. The SMILES string of the molecule is CCC/C(=C\c1ccccc1O)CC[C@@H](O)C1=C(C(C)C)CS(=O)(=O)[C@H]1CO. The van der Waals surface area contributed by atoms with Gasteiger partial charge in [0.2, 0.25) is 0 Å². The maximum Gasteiger partial charge on any atom is 0.163 e. The molecule has 0 saturated heterocycles. The van der Waals surface area contributed by atoms with Crippen LogP contribution in [0.1, 0.15) is 52.0 Å². The highest BCUT2D eigenvalue weighted by atomic mass is 32.2. The number of hydrogen-bond acceptors (Lipinski definition) is 5. The van der Waals surface area contributed by atoms with Crippen molar-refractivity contribution in [3.63, 3.8) is 0 Å². The van der Waals surface area contributed by atoms with Gasteiger partial charge >= 0.3 is 0 Å². The average Bonchev–Trinajstić information content (AvgIpc) is 2.92. The Morgan fingerprint density at radius 1 is 1.25 bits per heavy atom. The highest BCUT2D eigenvalue weighted by Crippen LogP contribution is 2.35. The van der Waals surface area contributed by atoms with Gasteiger partial charge in [0.1, 0.15) is 11.0 Å². The lowest BCUT2D eigenvalue weighted by Gasteiger charge is -2.20. The molecule has 1 aliphatic rings. The van der Waals surface area contributed by atoms with E-state index in [0.717, 1.165) is 29.6 Å². The molecule has 0 unspecified atom stereocenters. The summed E-state index contributed by atoms with van der Waals surface area (Å²) < 4.78 is 24.8. The number of phenols is 1. The molecule has 1 aromatic carbocycles. The molecule has 0 spiro atoms. The zero-order chi connectivity index (χ0) is 20.9. The molecule has 1 aliphatic heterocycles. The first-order valence-electron chi connectivity index (χ1n) is 9.92. The van der Waals surface area contributed by atoms with E-state index in [1.54, 1.807) is 12.1 Å². The molecule has 3 N–H and O–H groups in total. The Kier molecular flexibility index (Phi) is 7.87. The number of allylic oxidation sites excluding steroid dienone is 1. The molecule has 0 radical (unpaired) electrons. The van der Waals surface area contributed by atoms with E-state index in [2.05, 4.69) is 6.92 Å². The standard InChI is InChI=1S/C22H32O5S/c1-4-7-16(12-17-8-5-6-9-19(17)24)10-11-20(25)22-18(15(2)3)14-28(26,27)21(22)13-23/h5-6,8-9,12,15,20-21,23-25H,4,7,10-11,13-14H2,1-3H3/b16-12+/t20-,21+/m1/s1. The van der Waals surface area contributed by atoms with Crippen LogP contribution in [0.15, 0.2) is 41.0 Å². The molecular weight excluding hydrogens is 376 g/mol. The Labute approximate surface area is 168 Å². The fourth-order valence-corrected chi connectivity index (χ4v) is 5.90. The van der Waals surface area contributed by atoms with Crippen LogP contribution < -0.4 is 0 Å². The van der Waals surface area contributed by atoms with Gasteiger partial charge in [-0.05, 0) is 42.4 Å². The second-order valence-corrected chi connectivity index (χ2v) is 9.96. The Hall–Kier alpha value is -1.63. The number of rotatable bonds is 9. The third-order valence-electron chi connectivity index (χ3n) is 5.34. The van der Waals surface area contributed by atoms with Crippen LogP contribution in [0, 0.1) is 5.92 Å². The van der Waals surface area contributed by atoms with Crippen molar-refractivity contribution in [2.75, 3.05) is 12.4 Å². The van der Waals surface area contributed by atoms with Crippen LogP contribution in [0.5, 0.6) is 5.75 Å². The molecule has 5 nitrogen and oxygen atoms in total. The largest absolute Gasteiger partial charge is 0.507 e. The summed E-state index contributed by atoms with van der Waals surface area (Å²) >= 11 is 0. The second kappa shape index (κ2) is 9.72. The van der Waals surface area contributed by atoms with Gasteiger partial charge in [-0.15, -0.1) is 0 Å². The number of hydrogen-bond donors (Lipinski definition) is 3. The van der Waals surface area contributed by atoms with Gasteiger partial charge in [0.25, 0.3) is 0 Å². The number of aliphatic hydroxyl groups excluding tert-OH is 2. The van der Waals surface area contributed by atoms with E-state index in [4.69, 9.17) is 0 Å². The normalized spacial score (nSPS) is 20.8. The minimum atomic E-state index is -3.46. The predicted octanol–water partition coefficient (Wildman–Crippen LogP) is 3.46. The van der Waals surface area contributed by atoms with Crippen molar-refractivity contribution < 1.29 is 23.7 Å². The topological polar surface area (TPSA) is 94.8 Å². The quantitative estimate of drug-likeness (QED) is 0.544. The van der Waals surface area contributed by atoms with Gasteiger partial charge in [0, 0.05) is 5.56 Å². The predicted molar refractivity (Wildman–Crippen MR) is 113 cm³/mol. The molecule has 156 valence electrons. The molecule has 0 bridgehead atoms. The molecule has 0 fully saturated rings. The Morgan fingerprint density at radius 3 is 2.50 bits per heavy atom. The second-order valence-electron chi connectivity index (χ2n) is 7.78. The number of benzene rings is 1. The zero-order valence-electron chi connectivity index (χ0n) is 16.9. The first kappa shape index (κ1) is 22.7. The third-order valence-corrected chi connectivity index (χ3v) is 7.32. The highest BCUT2D eigenvalue weighted by molar-refractivity contribution is 7.92. The lowest BCUT2D eigenvalue weighted by Crippen LogP contribution is -2.29. The maximum atomic E-state index is 12.4. The summed E-state index contributed by atoms with van der Waals surface area (Å²) in [5.74, 6) is 0.129. The fourth-order valence-electron chi connectivity index (χ4n) is 3.84. The minimum absolute atomic E-state index is 0.00268. The van der Waals surface area contributed by atoms with Crippen LogP contribution >= 0.6 is 0 Å². The summed E-state index contributed by atoms with van der Waals surface area (Å²) in [6, 6.07) is 7.11. The van der Waals surface area contributed by atoms with Gasteiger partial charge in [-0.3, -0.25) is 0 Å². The Balaban J connectivity index is 2.23. The van der Waals surface area contributed by atoms with Gasteiger partial charge in [-0.1, -0.05) is 57.0 Å². The molecule has 6 heteroatoms. The average molecular weight is 409 g/mol. The molecule has 0 aromatic heterocycles. The van der Waals surface area contributed by atoms with Crippen LogP contribution in [0.25, 0.3) is 6.08 Å². The summed E-state index contributed by atoms with van der Waals surface area (Å²) in [6.45, 7) is 5.40. The van der Waals surface area contributed by atoms with Crippen molar-refractivity contribution in [3.8, 4) is 5.75 Å². The van der Waals surface area contributed by atoms with Crippen molar-refractivity contribution >= 4 is 15.9 Å². The van der Waals surface area contributed by atoms with Gasteiger partial charge in [-0.25, -0.2) is 8.42 Å². The summed E-state index contributed by atoms with van der Waals surface area (Å²) in [6.07, 6.45) is 3.78. The molecule has 2 atom stereocenters. The first-order valence-corrected chi connectivity index (χ1v) is 11.6. The molecular formula is C22H32O5S. The maximum absolute atomic E-state index is 12.4. The summed E-state index contributed by atoms with van der Waals surface area (Å²) in [4.78, 5) is 0. The van der Waals surface area contributed by atoms with E-state index >= 15 is 0 Å². The molecule has 0 saturated carbocycles. The number of aromatic hydroxyl groups is 1. The van der Waals surface area contributed by atoms with Crippen LogP contribution in [-0.2, 0) is 9.84 Å². The van der Waals surface area contributed by atoms with E-state index in [1.807, 2.05) is 32.1 Å². The number of para-hydroxylation sites is 1. The van der Waals surface area contributed by atoms with Crippen molar-refractivity contribution in [1.82, 2.24) is 0 Å². The summed E-state index contributed by atoms with van der Waals surface area (Å²) in [5.41, 5.74) is 3.04. The number of phenolic OH excluding ortho intramolecular Hbond substituents is 1. The van der Waals surface area contributed by atoms with E-state index in [9.17, 15) is 23.7 Å². The lowest BCUT2D eigenvalue weighted by molar-refractivity contribution is 0.187. The number of aliphatic hydroxyl groups is 2. The lowest BCUT2D eigenvalue weighted by atomic mass is 9.90. The van der Waals surface area contributed by atoms with Crippen molar-refractivity contribution in [2.45, 2.75) is 57.8 Å². The Morgan fingerprint density at radius 2 is 1.93 bits per heavy atom.